The largest absolute Gasteiger partial charge is 0.444 e. The quantitative estimate of drug-likeness (QED) is 0.840. The summed E-state index contributed by atoms with van der Waals surface area (Å²) in [5.74, 6) is -0.106. The molecule has 0 fully saturated rings. The van der Waals surface area contributed by atoms with E-state index in [1.165, 1.54) is 0 Å². The molecule has 18 heavy (non-hydrogen) atoms. The molecule has 5 heteroatoms. The monoisotopic (exact) mass is 258 g/mol. The molecule has 1 N–H and O–H groups in total. The number of carbonyl (C=O) groups excluding carboxylic acids is 2. The number of nitrogens with one attached hydrogen (secondary N) is 1. The fourth-order valence-corrected chi connectivity index (χ4v) is 1.73. The molecule has 0 aliphatic carbocycles. The van der Waals surface area contributed by atoms with Gasteiger partial charge in [0, 0.05) is 12.1 Å². The number of carbonyl (C=O) groups is 2. The zero-order valence-electron chi connectivity index (χ0n) is 12.5. The minimum Gasteiger partial charge on any atom is -0.444 e. The van der Waals surface area contributed by atoms with Crippen molar-refractivity contribution in [1.29, 1.82) is 0 Å². The Morgan fingerprint density at radius 1 is 1.11 bits per heavy atom. The summed E-state index contributed by atoms with van der Waals surface area (Å²) in [5, 5.41) is 2.48. The van der Waals surface area contributed by atoms with Gasteiger partial charge in [-0.3, -0.25) is 4.79 Å². The van der Waals surface area contributed by atoms with Gasteiger partial charge in [0.1, 0.15) is 12.1 Å². The van der Waals surface area contributed by atoms with Crippen LogP contribution in [-0.4, -0.2) is 41.1 Å². The maximum Gasteiger partial charge on any atom is 0.408 e. The van der Waals surface area contributed by atoms with Gasteiger partial charge in [-0.1, -0.05) is 0 Å². The van der Waals surface area contributed by atoms with Gasteiger partial charge in [0.15, 0.2) is 0 Å². The van der Waals surface area contributed by atoms with Crippen molar-refractivity contribution >= 4 is 12.0 Å². The van der Waals surface area contributed by atoms with Gasteiger partial charge < -0.3 is 15.0 Å². The maximum absolute atomic E-state index is 12.0. The summed E-state index contributed by atoms with van der Waals surface area (Å²) in [6.45, 7) is 13.1. The first-order chi connectivity index (χ1) is 8.04. The first-order valence-electron chi connectivity index (χ1n) is 6.32. The van der Waals surface area contributed by atoms with Crippen LogP contribution in [0.4, 0.5) is 4.79 Å². The highest BCUT2D eigenvalue weighted by atomic mass is 16.6. The Balaban J connectivity index is 4.29. The summed E-state index contributed by atoms with van der Waals surface area (Å²) >= 11 is 0. The van der Waals surface area contributed by atoms with Gasteiger partial charge in [0.05, 0.1) is 0 Å². The van der Waals surface area contributed by atoms with Crippen LogP contribution in [0.2, 0.25) is 0 Å². The van der Waals surface area contributed by atoms with E-state index in [1.54, 1.807) is 25.7 Å². The van der Waals surface area contributed by atoms with Crippen LogP contribution in [0, 0.1) is 0 Å². The van der Waals surface area contributed by atoms with Gasteiger partial charge in [-0.15, -0.1) is 0 Å². The molecule has 0 atom stereocenters. The second kappa shape index (κ2) is 6.61. The van der Waals surface area contributed by atoms with Crippen molar-refractivity contribution < 1.29 is 14.3 Å². The van der Waals surface area contributed by atoms with E-state index in [0.29, 0.717) is 0 Å². The molecule has 5 nitrogen and oxygen atoms in total. The summed E-state index contributed by atoms with van der Waals surface area (Å²) in [5.41, 5.74) is -0.553. The van der Waals surface area contributed by atoms with Crippen molar-refractivity contribution in [3.05, 3.63) is 0 Å². The Hall–Kier alpha value is -1.26. The molecule has 0 unspecified atom stereocenters. The molecule has 0 rings (SSSR count). The zero-order chi connectivity index (χ0) is 14.5. The van der Waals surface area contributed by atoms with Crippen LogP contribution in [0.1, 0.15) is 48.5 Å². The lowest BCUT2D eigenvalue weighted by Gasteiger charge is -2.31. The zero-order valence-corrected chi connectivity index (χ0v) is 12.5. The maximum atomic E-state index is 12.0. The highest BCUT2D eigenvalue weighted by molar-refractivity contribution is 5.82. The summed E-state index contributed by atoms with van der Waals surface area (Å²) in [7, 11) is 0. The van der Waals surface area contributed by atoms with Gasteiger partial charge in [-0.05, 0) is 48.5 Å². The molecule has 0 bridgehead atoms. The first-order valence-corrected chi connectivity index (χ1v) is 6.32. The van der Waals surface area contributed by atoms with E-state index >= 15 is 0 Å². The van der Waals surface area contributed by atoms with Crippen LogP contribution in [0.3, 0.4) is 0 Å². The third-order valence-corrected chi connectivity index (χ3v) is 2.18. The number of hydrogen-bond acceptors (Lipinski definition) is 3. The summed E-state index contributed by atoms with van der Waals surface area (Å²) in [6.07, 6.45) is -0.566. The number of amides is 2. The average molecular weight is 258 g/mol. The van der Waals surface area contributed by atoms with E-state index in [1.807, 2.05) is 27.7 Å². The van der Waals surface area contributed by atoms with Crippen LogP contribution in [-0.2, 0) is 9.53 Å². The number of rotatable bonds is 4. The Bertz CT molecular complexity index is 285. The van der Waals surface area contributed by atoms with E-state index in [2.05, 4.69) is 5.32 Å². The van der Waals surface area contributed by atoms with Crippen LogP contribution in [0.25, 0.3) is 0 Å². The summed E-state index contributed by atoms with van der Waals surface area (Å²) < 4.78 is 5.07. The number of ether oxygens (including phenoxy) is 1. The fourth-order valence-electron chi connectivity index (χ4n) is 1.73. The Labute approximate surface area is 110 Å². The molecule has 106 valence electrons. The topological polar surface area (TPSA) is 58.6 Å². The molecule has 0 aliphatic rings. The number of hydrogen-bond donors (Lipinski definition) is 1. The molecule has 0 saturated carbocycles. The molecule has 0 aliphatic heterocycles. The van der Waals surface area contributed by atoms with Crippen molar-refractivity contribution in [3.8, 4) is 0 Å². The van der Waals surface area contributed by atoms with Gasteiger partial charge >= 0.3 is 6.09 Å². The van der Waals surface area contributed by atoms with Gasteiger partial charge in [0.25, 0.3) is 0 Å². The van der Waals surface area contributed by atoms with Gasteiger partial charge in [-0.2, -0.15) is 0 Å². The first kappa shape index (κ1) is 16.7. The van der Waals surface area contributed by atoms with Crippen molar-refractivity contribution in [2.75, 3.05) is 6.54 Å². The molecule has 0 aromatic rings. The molecule has 0 heterocycles. The molecule has 2 amide bonds. The van der Waals surface area contributed by atoms with Crippen molar-refractivity contribution in [2.24, 2.45) is 0 Å². The molecular formula is C13H26N2O3. The number of alkyl carbamates (subject to hydrolysis) is 1. The second-order valence-electron chi connectivity index (χ2n) is 5.84. The van der Waals surface area contributed by atoms with E-state index in [0.717, 1.165) is 0 Å². The smallest absolute Gasteiger partial charge is 0.408 e. The van der Waals surface area contributed by atoms with Gasteiger partial charge in [0.2, 0.25) is 5.91 Å². The normalized spacial score (nSPS) is 11.6. The van der Waals surface area contributed by atoms with Crippen LogP contribution >= 0.6 is 0 Å². The van der Waals surface area contributed by atoms with E-state index in [-0.39, 0.29) is 24.5 Å². The highest BCUT2D eigenvalue weighted by Crippen LogP contribution is 2.07. The Morgan fingerprint density at radius 2 is 1.56 bits per heavy atom. The van der Waals surface area contributed by atoms with Crippen molar-refractivity contribution in [2.45, 2.75) is 66.2 Å². The predicted molar refractivity (Wildman–Crippen MR) is 71.4 cm³/mol. The standard InChI is InChI=1S/C13H26N2O3/c1-9(2)15(10(3)4)11(16)8-14-12(17)18-13(5,6)7/h9-10H,8H2,1-7H3,(H,14,17). The second-order valence-corrected chi connectivity index (χ2v) is 5.84. The predicted octanol–water partition coefficient (Wildman–Crippen LogP) is 2.16. The van der Waals surface area contributed by atoms with Crippen molar-refractivity contribution in [3.63, 3.8) is 0 Å². The Morgan fingerprint density at radius 3 is 1.89 bits per heavy atom. The van der Waals surface area contributed by atoms with Crippen molar-refractivity contribution in [1.82, 2.24) is 10.2 Å². The van der Waals surface area contributed by atoms with E-state index in [4.69, 9.17) is 4.74 Å². The van der Waals surface area contributed by atoms with Crippen LogP contribution in [0.15, 0.2) is 0 Å². The lowest BCUT2D eigenvalue weighted by Crippen LogP contribution is -2.47. The summed E-state index contributed by atoms with van der Waals surface area (Å²) in [6, 6.07) is 0.218. The van der Waals surface area contributed by atoms with E-state index in [9.17, 15) is 9.59 Å². The average Bonchev–Trinajstić information content (AvgIpc) is 2.10. The third-order valence-electron chi connectivity index (χ3n) is 2.18. The van der Waals surface area contributed by atoms with Gasteiger partial charge in [-0.25, -0.2) is 4.79 Å². The molecular weight excluding hydrogens is 232 g/mol. The third kappa shape index (κ3) is 6.47. The van der Waals surface area contributed by atoms with E-state index < -0.39 is 11.7 Å². The highest BCUT2D eigenvalue weighted by Gasteiger charge is 2.22. The number of nitrogens with zero attached hydrogens (tertiary/aromatic N) is 1. The molecule has 0 spiro atoms. The fraction of sp³-hybridized carbons (Fsp3) is 0.846. The molecule has 0 aromatic heterocycles. The SMILES string of the molecule is CC(C)N(C(=O)CNC(=O)OC(C)(C)C)C(C)C. The van der Waals surface area contributed by atoms with Crippen LogP contribution in [0.5, 0.6) is 0 Å². The van der Waals surface area contributed by atoms with Crippen LogP contribution < -0.4 is 5.32 Å². The molecule has 0 saturated heterocycles. The lowest BCUT2D eigenvalue weighted by atomic mass is 10.2. The minimum atomic E-state index is -0.566. The Kier molecular flexibility index (Phi) is 6.15. The summed E-state index contributed by atoms with van der Waals surface area (Å²) in [4.78, 5) is 25.1. The minimum absolute atomic E-state index is 0.0364. The molecule has 0 aromatic carbocycles. The molecule has 0 radical (unpaired) electrons. The lowest BCUT2D eigenvalue weighted by molar-refractivity contribution is -0.133.